The number of rotatable bonds is 8. The molecule has 1 N–H and O–H groups in total. The molecule has 0 aliphatic carbocycles. The van der Waals surface area contributed by atoms with Gasteiger partial charge in [0.1, 0.15) is 12.4 Å². The summed E-state index contributed by atoms with van der Waals surface area (Å²) in [5.74, 6) is -1.39. The first kappa shape index (κ1) is 27.1. The third-order valence-corrected chi connectivity index (χ3v) is 6.87. The fourth-order valence-electron chi connectivity index (χ4n) is 3.37. The molecule has 0 unspecified atom stereocenters. The van der Waals surface area contributed by atoms with Crippen LogP contribution in [-0.4, -0.2) is 26.0 Å². The number of sulfonamides is 1. The highest BCUT2D eigenvalue weighted by atomic mass is 32.2. The number of halogens is 3. The Morgan fingerprint density at radius 1 is 0.944 bits per heavy atom. The molecule has 0 radical (unpaired) electrons. The Morgan fingerprint density at radius 3 is 2.08 bits per heavy atom. The molecule has 0 fully saturated rings. The minimum absolute atomic E-state index is 0.00985. The SMILES string of the molecule is CC(C)(C)CN(c1ccc(C(F)(F)F)cc1OCc1ccc(C(=O)O)cc1)S(=O)(=O)c1ccccc1. The van der Waals surface area contributed by atoms with E-state index in [0.717, 1.165) is 22.5 Å². The third kappa shape index (κ3) is 6.57. The molecular weight excluding hydrogens is 495 g/mol. The van der Waals surface area contributed by atoms with Crippen molar-refractivity contribution in [2.24, 2.45) is 5.41 Å². The van der Waals surface area contributed by atoms with Crippen molar-refractivity contribution in [1.29, 1.82) is 0 Å². The van der Waals surface area contributed by atoms with E-state index in [0.29, 0.717) is 5.56 Å². The third-order valence-electron chi connectivity index (χ3n) is 5.10. The van der Waals surface area contributed by atoms with Gasteiger partial charge in [0, 0.05) is 6.54 Å². The number of anilines is 1. The van der Waals surface area contributed by atoms with Crippen molar-refractivity contribution in [3.63, 3.8) is 0 Å². The lowest BCUT2D eigenvalue weighted by atomic mass is 9.97. The Balaban J connectivity index is 2.09. The molecule has 0 amide bonds. The molecule has 10 heteroatoms. The molecule has 0 aliphatic heterocycles. The average Bonchev–Trinajstić information content (AvgIpc) is 2.80. The first-order valence-corrected chi connectivity index (χ1v) is 12.4. The van der Waals surface area contributed by atoms with Crippen LogP contribution in [0.4, 0.5) is 18.9 Å². The van der Waals surface area contributed by atoms with Crippen LogP contribution in [0.25, 0.3) is 0 Å². The number of aromatic carboxylic acids is 1. The summed E-state index contributed by atoms with van der Waals surface area (Å²) in [6.07, 6.45) is -4.67. The monoisotopic (exact) mass is 521 g/mol. The second-order valence-electron chi connectivity index (χ2n) is 9.36. The van der Waals surface area contributed by atoms with Gasteiger partial charge in [-0.25, -0.2) is 13.2 Å². The number of hydrogen-bond donors (Lipinski definition) is 1. The van der Waals surface area contributed by atoms with Gasteiger partial charge in [-0.05, 0) is 53.4 Å². The van der Waals surface area contributed by atoms with Gasteiger partial charge in [-0.1, -0.05) is 51.1 Å². The topological polar surface area (TPSA) is 83.9 Å². The van der Waals surface area contributed by atoms with Crippen molar-refractivity contribution >= 4 is 21.7 Å². The Kier molecular flexibility index (Phi) is 7.68. The summed E-state index contributed by atoms with van der Waals surface area (Å²) in [5.41, 5.74) is -1.03. The first-order chi connectivity index (χ1) is 16.7. The minimum Gasteiger partial charge on any atom is -0.487 e. The lowest BCUT2D eigenvalue weighted by Crippen LogP contribution is -2.38. The summed E-state index contributed by atoms with van der Waals surface area (Å²) in [7, 11) is -4.15. The second-order valence-corrected chi connectivity index (χ2v) is 11.2. The average molecular weight is 522 g/mol. The molecule has 0 heterocycles. The van der Waals surface area contributed by atoms with E-state index >= 15 is 0 Å². The number of alkyl halides is 3. The van der Waals surface area contributed by atoms with Crippen LogP contribution in [0.2, 0.25) is 0 Å². The molecule has 3 rings (SSSR count). The summed E-state index contributed by atoms with van der Waals surface area (Å²) >= 11 is 0. The van der Waals surface area contributed by atoms with Crippen molar-refractivity contribution in [2.75, 3.05) is 10.8 Å². The highest BCUT2D eigenvalue weighted by Crippen LogP contribution is 2.40. The molecule has 0 saturated heterocycles. The van der Waals surface area contributed by atoms with Crippen LogP contribution in [0.3, 0.4) is 0 Å². The van der Waals surface area contributed by atoms with Crippen molar-refractivity contribution in [3.05, 3.63) is 89.5 Å². The highest BCUT2D eigenvalue weighted by molar-refractivity contribution is 7.92. The van der Waals surface area contributed by atoms with Gasteiger partial charge in [0.2, 0.25) is 0 Å². The van der Waals surface area contributed by atoms with Crippen LogP contribution < -0.4 is 9.04 Å². The molecule has 192 valence electrons. The van der Waals surface area contributed by atoms with E-state index in [1.54, 1.807) is 18.2 Å². The number of ether oxygens (including phenoxy) is 1. The summed E-state index contributed by atoms with van der Waals surface area (Å²) in [5, 5.41) is 9.05. The highest BCUT2D eigenvalue weighted by Gasteiger charge is 2.35. The summed E-state index contributed by atoms with van der Waals surface area (Å²) in [6.45, 7) is 5.21. The van der Waals surface area contributed by atoms with Crippen molar-refractivity contribution < 1.29 is 36.2 Å². The maximum absolute atomic E-state index is 13.6. The van der Waals surface area contributed by atoms with Gasteiger partial charge in [-0.15, -0.1) is 0 Å². The summed E-state index contributed by atoms with van der Waals surface area (Å²) in [6, 6.07) is 16.0. The summed E-state index contributed by atoms with van der Waals surface area (Å²) in [4.78, 5) is 11.1. The standard InChI is InChI=1S/C26H26F3NO5S/c1-25(2,3)17-30(36(33,34)21-7-5-4-6-8-21)22-14-13-20(26(27,28)29)15-23(22)35-16-18-9-11-19(12-10-18)24(31)32/h4-15H,16-17H2,1-3H3,(H,31,32). The predicted molar refractivity (Wildman–Crippen MR) is 130 cm³/mol. The number of carboxylic acids is 1. The van der Waals surface area contributed by atoms with Crippen LogP contribution in [0, 0.1) is 5.41 Å². The van der Waals surface area contributed by atoms with E-state index in [1.807, 2.05) is 20.8 Å². The van der Waals surface area contributed by atoms with Crippen LogP contribution in [-0.2, 0) is 22.8 Å². The fraction of sp³-hybridized carbons (Fsp3) is 0.269. The second kappa shape index (κ2) is 10.2. The van der Waals surface area contributed by atoms with Crippen LogP contribution >= 0.6 is 0 Å². The molecule has 0 aliphatic rings. The zero-order valence-electron chi connectivity index (χ0n) is 19.9. The van der Waals surface area contributed by atoms with Gasteiger partial charge in [0.05, 0.1) is 21.7 Å². The van der Waals surface area contributed by atoms with E-state index < -0.39 is 33.1 Å². The van der Waals surface area contributed by atoms with Gasteiger partial charge < -0.3 is 9.84 Å². The van der Waals surface area contributed by atoms with Crippen LogP contribution in [0.15, 0.2) is 77.7 Å². The number of carbonyl (C=O) groups is 1. The van der Waals surface area contributed by atoms with Gasteiger partial charge >= 0.3 is 12.1 Å². The number of carboxylic acid groups (broad SMARTS) is 1. The molecule has 0 saturated carbocycles. The minimum atomic E-state index is -4.67. The lowest BCUT2D eigenvalue weighted by molar-refractivity contribution is -0.137. The maximum atomic E-state index is 13.6. The molecular formula is C26H26F3NO5S. The molecule has 6 nitrogen and oxygen atoms in total. The lowest BCUT2D eigenvalue weighted by Gasteiger charge is -2.32. The van der Waals surface area contributed by atoms with E-state index in [1.165, 1.54) is 36.4 Å². The Morgan fingerprint density at radius 2 is 1.56 bits per heavy atom. The van der Waals surface area contributed by atoms with Gasteiger partial charge in [-0.2, -0.15) is 13.2 Å². The molecule has 36 heavy (non-hydrogen) atoms. The number of hydrogen-bond acceptors (Lipinski definition) is 4. The van der Waals surface area contributed by atoms with E-state index in [-0.39, 0.29) is 35.0 Å². The van der Waals surface area contributed by atoms with Gasteiger partial charge in [-0.3, -0.25) is 4.31 Å². The zero-order valence-corrected chi connectivity index (χ0v) is 20.7. The normalized spacial score (nSPS) is 12.3. The summed E-state index contributed by atoms with van der Waals surface area (Å²) < 4.78 is 74.6. The fourth-order valence-corrected chi connectivity index (χ4v) is 5.09. The predicted octanol–water partition coefficient (Wildman–Crippen LogP) is 6.22. The Hall–Kier alpha value is -3.53. The van der Waals surface area contributed by atoms with Crippen molar-refractivity contribution in [2.45, 2.75) is 38.4 Å². The van der Waals surface area contributed by atoms with Gasteiger partial charge in [0.25, 0.3) is 10.0 Å². The molecule has 0 atom stereocenters. The van der Waals surface area contributed by atoms with Crippen molar-refractivity contribution in [3.8, 4) is 5.75 Å². The molecule has 0 aromatic heterocycles. The van der Waals surface area contributed by atoms with Crippen molar-refractivity contribution in [1.82, 2.24) is 0 Å². The maximum Gasteiger partial charge on any atom is 0.416 e. The van der Waals surface area contributed by atoms with E-state index in [4.69, 9.17) is 9.84 Å². The quantitative estimate of drug-likeness (QED) is 0.380. The van der Waals surface area contributed by atoms with E-state index in [9.17, 15) is 26.4 Å². The Labute approximate surface area is 208 Å². The van der Waals surface area contributed by atoms with Gasteiger partial charge in [0.15, 0.2) is 0 Å². The molecule has 0 bridgehead atoms. The van der Waals surface area contributed by atoms with Crippen LogP contribution in [0.1, 0.15) is 42.3 Å². The smallest absolute Gasteiger partial charge is 0.416 e. The molecule has 3 aromatic carbocycles. The number of nitrogens with zero attached hydrogens (tertiary/aromatic N) is 1. The Bertz CT molecular complexity index is 1320. The van der Waals surface area contributed by atoms with E-state index in [2.05, 4.69) is 0 Å². The first-order valence-electron chi connectivity index (χ1n) is 10.9. The van der Waals surface area contributed by atoms with Crippen LogP contribution in [0.5, 0.6) is 5.75 Å². The number of benzene rings is 3. The molecule has 3 aromatic rings. The molecule has 0 spiro atoms. The largest absolute Gasteiger partial charge is 0.487 e. The zero-order chi connectivity index (χ0) is 26.7.